The lowest BCUT2D eigenvalue weighted by atomic mass is 10.1. The zero-order valence-electron chi connectivity index (χ0n) is 13.9. The van der Waals surface area contributed by atoms with E-state index in [0.29, 0.717) is 5.95 Å². The summed E-state index contributed by atoms with van der Waals surface area (Å²) >= 11 is 3.43. The molecule has 0 saturated carbocycles. The van der Waals surface area contributed by atoms with E-state index in [1.54, 1.807) is 13.3 Å². The Morgan fingerprint density at radius 2 is 1.92 bits per heavy atom. The topological polar surface area (TPSA) is 59.1 Å². The van der Waals surface area contributed by atoms with E-state index in [0.717, 1.165) is 34.7 Å². The van der Waals surface area contributed by atoms with Crippen LogP contribution >= 0.6 is 15.9 Å². The monoisotopic (exact) mass is 398 g/mol. The van der Waals surface area contributed by atoms with Crippen LogP contribution in [0, 0.1) is 0 Å². The molecule has 2 N–H and O–H groups in total. The third-order valence-corrected chi connectivity index (χ3v) is 4.13. The van der Waals surface area contributed by atoms with E-state index in [1.165, 1.54) is 5.56 Å². The normalized spacial score (nSPS) is 10.3. The summed E-state index contributed by atoms with van der Waals surface area (Å²) in [5.41, 5.74) is 2.18. The smallest absolute Gasteiger partial charge is 0.224 e. The SMILES string of the molecule is COc1cccc(CCNc2nccc(Nc3ccc(Br)cc3)n2)c1. The number of benzene rings is 2. The maximum absolute atomic E-state index is 5.24. The molecule has 6 heteroatoms. The van der Waals surface area contributed by atoms with Crippen molar-refractivity contribution in [2.45, 2.75) is 6.42 Å². The summed E-state index contributed by atoms with van der Waals surface area (Å²) in [5, 5.41) is 6.52. The van der Waals surface area contributed by atoms with Gasteiger partial charge in [0.1, 0.15) is 11.6 Å². The fraction of sp³-hybridized carbons (Fsp3) is 0.158. The molecule has 1 heterocycles. The Bertz CT molecular complexity index is 824. The molecule has 0 aliphatic heterocycles. The van der Waals surface area contributed by atoms with Crippen molar-refractivity contribution >= 4 is 33.4 Å². The summed E-state index contributed by atoms with van der Waals surface area (Å²) in [6.45, 7) is 0.745. The van der Waals surface area contributed by atoms with Gasteiger partial charge in [0.25, 0.3) is 0 Å². The van der Waals surface area contributed by atoms with Gasteiger partial charge in [0, 0.05) is 22.9 Å². The first-order valence-corrected chi connectivity index (χ1v) is 8.75. The van der Waals surface area contributed by atoms with Crippen LogP contribution in [0.25, 0.3) is 0 Å². The first kappa shape index (κ1) is 17.2. The number of hydrogen-bond acceptors (Lipinski definition) is 5. The Labute approximate surface area is 155 Å². The van der Waals surface area contributed by atoms with Gasteiger partial charge in [-0.05, 0) is 54.4 Å². The average molecular weight is 399 g/mol. The van der Waals surface area contributed by atoms with Crippen LogP contribution in [0.4, 0.5) is 17.5 Å². The minimum Gasteiger partial charge on any atom is -0.497 e. The standard InChI is InChI=1S/C19H19BrN4O/c1-25-17-4-2-3-14(13-17)9-11-21-19-22-12-10-18(24-19)23-16-7-5-15(20)6-8-16/h2-8,10,12-13H,9,11H2,1H3,(H2,21,22,23,24). The fourth-order valence-corrected chi connectivity index (χ4v) is 2.61. The van der Waals surface area contributed by atoms with Gasteiger partial charge in [0.05, 0.1) is 7.11 Å². The highest BCUT2D eigenvalue weighted by molar-refractivity contribution is 9.10. The molecule has 0 bridgehead atoms. The molecule has 0 spiro atoms. The van der Waals surface area contributed by atoms with Crippen molar-refractivity contribution in [3.05, 3.63) is 70.8 Å². The van der Waals surface area contributed by atoms with E-state index < -0.39 is 0 Å². The van der Waals surface area contributed by atoms with Gasteiger partial charge in [0.15, 0.2) is 0 Å². The molecule has 5 nitrogen and oxygen atoms in total. The quantitative estimate of drug-likeness (QED) is 0.606. The van der Waals surface area contributed by atoms with Gasteiger partial charge in [-0.2, -0.15) is 4.98 Å². The minimum atomic E-state index is 0.602. The second kappa shape index (κ2) is 8.48. The molecule has 25 heavy (non-hydrogen) atoms. The summed E-state index contributed by atoms with van der Waals surface area (Å²) in [6, 6.07) is 17.8. The first-order valence-electron chi connectivity index (χ1n) is 7.95. The van der Waals surface area contributed by atoms with Crippen molar-refractivity contribution in [1.29, 1.82) is 0 Å². The Balaban J connectivity index is 1.57. The molecular formula is C19H19BrN4O. The molecule has 0 aliphatic carbocycles. The zero-order valence-corrected chi connectivity index (χ0v) is 15.5. The summed E-state index contributed by atoms with van der Waals surface area (Å²) in [7, 11) is 1.68. The number of nitrogens with zero attached hydrogens (tertiary/aromatic N) is 2. The predicted octanol–water partition coefficient (Wildman–Crippen LogP) is 4.65. The molecule has 0 unspecified atom stereocenters. The lowest BCUT2D eigenvalue weighted by Crippen LogP contribution is -2.08. The molecule has 1 aromatic heterocycles. The van der Waals surface area contributed by atoms with E-state index >= 15 is 0 Å². The Kier molecular flexibility index (Phi) is 5.85. The van der Waals surface area contributed by atoms with Crippen LogP contribution in [-0.4, -0.2) is 23.6 Å². The summed E-state index contributed by atoms with van der Waals surface area (Å²) < 4.78 is 6.29. The van der Waals surface area contributed by atoms with Crippen molar-refractivity contribution in [2.75, 3.05) is 24.3 Å². The molecule has 0 aliphatic rings. The molecule has 3 rings (SSSR count). The van der Waals surface area contributed by atoms with Gasteiger partial charge in [-0.25, -0.2) is 4.98 Å². The lowest BCUT2D eigenvalue weighted by Gasteiger charge is -2.09. The van der Waals surface area contributed by atoms with Crippen LogP contribution in [-0.2, 0) is 6.42 Å². The van der Waals surface area contributed by atoms with Gasteiger partial charge >= 0.3 is 0 Å². The first-order chi connectivity index (χ1) is 12.2. The van der Waals surface area contributed by atoms with Gasteiger partial charge in [0.2, 0.25) is 5.95 Å². The van der Waals surface area contributed by atoms with Gasteiger partial charge in [-0.15, -0.1) is 0 Å². The number of rotatable bonds is 7. The van der Waals surface area contributed by atoms with Gasteiger partial charge in [-0.1, -0.05) is 28.1 Å². The zero-order chi connectivity index (χ0) is 17.5. The van der Waals surface area contributed by atoms with E-state index in [2.05, 4.69) is 42.6 Å². The predicted molar refractivity (Wildman–Crippen MR) is 105 cm³/mol. The molecular weight excluding hydrogens is 380 g/mol. The van der Waals surface area contributed by atoms with Crippen LogP contribution < -0.4 is 15.4 Å². The fourth-order valence-electron chi connectivity index (χ4n) is 2.34. The maximum atomic E-state index is 5.24. The second-order valence-corrected chi connectivity index (χ2v) is 6.34. The third-order valence-electron chi connectivity index (χ3n) is 3.60. The molecule has 0 atom stereocenters. The summed E-state index contributed by atoms with van der Waals surface area (Å²) in [5.74, 6) is 2.22. The molecule has 0 saturated heterocycles. The summed E-state index contributed by atoms with van der Waals surface area (Å²) in [4.78, 5) is 8.75. The molecule has 128 valence electrons. The highest BCUT2D eigenvalue weighted by atomic mass is 79.9. The van der Waals surface area contributed by atoms with Crippen molar-refractivity contribution < 1.29 is 4.74 Å². The van der Waals surface area contributed by atoms with Crippen LogP contribution in [0.2, 0.25) is 0 Å². The van der Waals surface area contributed by atoms with Gasteiger partial charge in [-0.3, -0.25) is 0 Å². The number of methoxy groups -OCH3 is 1. The number of halogens is 1. The largest absolute Gasteiger partial charge is 0.497 e. The van der Waals surface area contributed by atoms with E-state index in [9.17, 15) is 0 Å². The summed E-state index contributed by atoms with van der Waals surface area (Å²) in [6.07, 6.45) is 2.60. The number of ether oxygens (including phenoxy) is 1. The van der Waals surface area contributed by atoms with Crippen LogP contribution in [0.3, 0.4) is 0 Å². The van der Waals surface area contributed by atoms with Crippen molar-refractivity contribution in [3.63, 3.8) is 0 Å². The minimum absolute atomic E-state index is 0.602. The Morgan fingerprint density at radius 3 is 2.72 bits per heavy atom. The number of hydrogen-bond donors (Lipinski definition) is 2. The van der Waals surface area contributed by atoms with Crippen LogP contribution in [0.1, 0.15) is 5.56 Å². The van der Waals surface area contributed by atoms with Crippen molar-refractivity contribution in [1.82, 2.24) is 9.97 Å². The highest BCUT2D eigenvalue weighted by Crippen LogP contribution is 2.18. The molecule has 2 aromatic carbocycles. The van der Waals surface area contributed by atoms with Gasteiger partial charge < -0.3 is 15.4 Å². The number of anilines is 3. The molecule has 0 amide bonds. The number of nitrogens with one attached hydrogen (secondary N) is 2. The highest BCUT2D eigenvalue weighted by Gasteiger charge is 2.01. The Hall–Kier alpha value is -2.60. The second-order valence-electron chi connectivity index (χ2n) is 5.43. The van der Waals surface area contributed by atoms with Crippen LogP contribution in [0.5, 0.6) is 5.75 Å². The molecule has 0 fully saturated rings. The van der Waals surface area contributed by atoms with Crippen molar-refractivity contribution in [2.24, 2.45) is 0 Å². The number of aromatic nitrogens is 2. The van der Waals surface area contributed by atoms with E-state index in [4.69, 9.17) is 4.74 Å². The van der Waals surface area contributed by atoms with E-state index in [-0.39, 0.29) is 0 Å². The molecule has 3 aromatic rings. The van der Waals surface area contributed by atoms with E-state index in [1.807, 2.05) is 48.5 Å². The van der Waals surface area contributed by atoms with Crippen LogP contribution in [0.15, 0.2) is 65.3 Å². The molecule has 0 radical (unpaired) electrons. The third kappa shape index (κ3) is 5.19. The lowest BCUT2D eigenvalue weighted by molar-refractivity contribution is 0.414. The maximum Gasteiger partial charge on any atom is 0.224 e. The Morgan fingerprint density at radius 1 is 1.08 bits per heavy atom. The van der Waals surface area contributed by atoms with Crippen molar-refractivity contribution in [3.8, 4) is 5.75 Å². The average Bonchev–Trinajstić information content (AvgIpc) is 2.64.